The Labute approximate surface area is 120 Å². The minimum absolute atomic E-state index is 0.169. The molecule has 0 N–H and O–H groups in total. The van der Waals surface area contributed by atoms with Crippen LogP contribution in [0.15, 0.2) is 52.9 Å². The molecule has 0 bridgehead atoms. The molecule has 0 unspecified atom stereocenters. The lowest BCUT2D eigenvalue weighted by molar-refractivity contribution is 0.101. The molecule has 1 heterocycles. The summed E-state index contributed by atoms with van der Waals surface area (Å²) in [5.41, 5.74) is 0.910. The molecule has 3 aromatic rings. The van der Waals surface area contributed by atoms with Crippen LogP contribution in [0.25, 0.3) is 11.0 Å². The number of ketones is 1. The van der Waals surface area contributed by atoms with Crippen LogP contribution in [-0.4, -0.2) is 12.4 Å². The van der Waals surface area contributed by atoms with Crippen molar-refractivity contribution in [3.63, 3.8) is 0 Å². The normalized spacial score (nSPS) is 10.8. The summed E-state index contributed by atoms with van der Waals surface area (Å²) in [6, 6.07) is 12.7. The molecule has 0 saturated heterocycles. The van der Waals surface area contributed by atoms with Gasteiger partial charge in [-0.25, -0.2) is 4.39 Å². The van der Waals surface area contributed by atoms with Crippen molar-refractivity contribution < 1.29 is 18.3 Å². The lowest BCUT2D eigenvalue weighted by atomic mass is 10.1. The van der Waals surface area contributed by atoms with Gasteiger partial charge < -0.3 is 9.15 Å². The molecular weight excluding hydrogens is 271 g/mol. The zero-order valence-corrected chi connectivity index (χ0v) is 11.4. The Morgan fingerprint density at radius 2 is 2.00 bits per heavy atom. The highest BCUT2D eigenvalue weighted by Crippen LogP contribution is 2.26. The van der Waals surface area contributed by atoms with E-state index in [0.29, 0.717) is 28.9 Å². The minimum atomic E-state index is -0.364. The Hall–Kier alpha value is -2.62. The molecule has 3 nitrogen and oxygen atoms in total. The summed E-state index contributed by atoms with van der Waals surface area (Å²) in [4.78, 5) is 12.5. The van der Waals surface area contributed by atoms with E-state index in [-0.39, 0.29) is 17.4 Å². The van der Waals surface area contributed by atoms with Crippen LogP contribution in [0.3, 0.4) is 0 Å². The van der Waals surface area contributed by atoms with Gasteiger partial charge in [0.05, 0.1) is 12.2 Å². The molecule has 0 atom stereocenters. The predicted octanol–water partition coefficient (Wildman–Crippen LogP) is 4.20. The molecule has 0 radical (unpaired) electrons. The monoisotopic (exact) mass is 284 g/mol. The first-order valence-electron chi connectivity index (χ1n) is 6.64. The summed E-state index contributed by atoms with van der Waals surface area (Å²) in [6.45, 7) is 2.32. The van der Waals surface area contributed by atoms with Crippen molar-refractivity contribution in [2.75, 3.05) is 6.61 Å². The van der Waals surface area contributed by atoms with Gasteiger partial charge in [-0.15, -0.1) is 0 Å². The smallest absolute Gasteiger partial charge is 0.231 e. The largest absolute Gasteiger partial charge is 0.493 e. The molecule has 0 amide bonds. The number of rotatable bonds is 4. The lowest BCUT2D eigenvalue weighted by Gasteiger charge is -2.07. The molecule has 2 aromatic carbocycles. The Morgan fingerprint density at radius 3 is 2.81 bits per heavy atom. The number of furan rings is 1. The molecule has 21 heavy (non-hydrogen) atoms. The summed E-state index contributed by atoms with van der Waals surface area (Å²) in [5, 5.41) is 0.562. The molecule has 3 rings (SSSR count). The van der Waals surface area contributed by atoms with Crippen molar-refractivity contribution >= 4 is 16.8 Å². The van der Waals surface area contributed by atoms with E-state index in [0.717, 1.165) is 0 Å². The van der Waals surface area contributed by atoms with Crippen LogP contribution < -0.4 is 4.74 Å². The second kappa shape index (κ2) is 5.40. The SMILES string of the molecule is CCOc1ccccc1C(=O)c1cc2cc(F)ccc2o1. The Morgan fingerprint density at radius 1 is 1.19 bits per heavy atom. The van der Waals surface area contributed by atoms with Gasteiger partial charge in [-0.3, -0.25) is 4.79 Å². The van der Waals surface area contributed by atoms with Crippen molar-refractivity contribution in [1.29, 1.82) is 0 Å². The number of hydrogen-bond donors (Lipinski definition) is 0. The number of hydrogen-bond acceptors (Lipinski definition) is 3. The van der Waals surface area contributed by atoms with Gasteiger partial charge in [0.2, 0.25) is 5.78 Å². The average Bonchev–Trinajstić information content (AvgIpc) is 2.90. The molecule has 0 aliphatic heterocycles. The lowest BCUT2D eigenvalue weighted by Crippen LogP contribution is -2.04. The molecule has 4 heteroatoms. The second-order valence-corrected chi connectivity index (χ2v) is 4.55. The number of ether oxygens (including phenoxy) is 1. The summed E-state index contributed by atoms with van der Waals surface area (Å²) in [7, 11) is 0. The van der Waals surface area contributed by atoms with Crippen LogP contribution in [0.1, 0.15) is 23.0 Å². The summed E-state index contributed by atoms with van der Waals surface area (Å²) in [5.74, 6) is 0.0343. The van der Waals surface area contributed by atoms with E-state index in [2.05, 4.69) is 0 Å². The fraction of sp³-hybridized carbons (Fsp3) is 0.118. The van der Waals surface area contributed by atoms with Gasteiger partial charge in [-0.1, -0.05) is 12.1 Å². The van der Waals surface area contributed by atoms with Gasteiger partial charge in [0.15, 0.2) is 5.76 Å². The molecule has 0 saturated carbocycles. The number of fused-ring (bicyclic) bond motifs is 1. The fourth-order valence-corrected chi connectivity index (χ4v) is 2.19. The van der Waals surface area contributed by atoms with Gasteiger partial charge in [0.25, 0.3) is 0 Å². The molecule has 0 fully saturated rings. The van der Waals surface area contributed by atoms with E-state index >= 15 is 0 Å². The van der Waals surface area contributed by atoms with Gasteiger partial charge >= 0.3 is 0 Å². The highest BCUT2D eigenvalue weighted by Gasteiger charge is 2.18. The maximum Gasteiger partial charge on any atom is 0.231 e. The first-order valence-corrected chi connectivity index (χ1v) is 6.64. The van der Waals surface area contributed by atoms with E-state index in [1.807, 2.05) is 6.92 Å². The van der Waals surface area contributed by atoms with Crippen molar-refractivity contribution in [1.82, 2.24) is 0 Å². The minimum Gasteiger partial charge on any atom is -0.493 e. The van der Waals surface area contributed by atoms with E-state index in [4.69, 9.17) is 9.15 Å². The quantitative estimate of drug-likeness (QED) is 0.674. The van der Waals surface area contributed by atoms with Gasteiger partial charge in [0.1, 0.15) is 17.1 Å². The third kappa shape index (κ3) is 2.52. The van der Waals surface area contributed by atoms with Crippen molar-refractivity contribution in [3.8, 4) is 5.75 Å². The first kappa shape index (κ1) is 13.4. The molecule has 1 aromatic heterocycles. The topological polar surface area (TPSA) is 39.4 Å². The van der Waals surface area contributed by atoms with Crippen LogP contribution >= 0.6 is 0 Å². The van der Waals surface area contributed by atoms with Crippen LogP contribution in [0.4, 0.5) is 4.39 Å². The Balaban J connectivity index is 2.04. The van der Waals surface area contributed by atoms with Gasteiger partial charge in [0, 0.05) is 5.39 Å². The maximum absolute atomic E-state index is 13.2. The zero-order chi connectivity index (χ0) is 14.8. The van der Waals surface area contributed by atoms with Crippen LogP contribution in [0.5, 0.6) is 5.75 Å². The Kier molecular flexibility index (Phi) is 3.44. The number of para-hydroxylation sites is 1. The van der Waals surface area contributed by atoms with Crippen LogP contribution in [0, 0.1) is 5.82 Å². The van der Waals surface area contributed by atoms with E-state index < -0.39 is 0 Å². The highest BCUT2D eigenvalue weighted by atomic mass is 19.1. The standard InChI is InChI=1S/C17H13FO3/c1-2-20-15-6-4-3-5-13(15)17(19)16-10-11-9-12(18)7-8-14(11)21-16/h3-10H,2H2,1H3. The van der Waals surface area contributed by atoms with Gasteiger partial charge in [-0.05, 0) is 43.3 Å². The molecule has 0 aliphatic rings. The number of carbonyl (C=O) groups excluding carboxylic acids is 1. The summed E-state index contributed by atoms with van der Waals surface area (Å²) >= 11 is 0. The number of benzene rings is 2. The second-order valence-electron chi connectivity index (χ2n) is 4.55. The summed E-state index contributed by atoms with van der Waals surface area (Å²) in [6.07, 6.45) is 0. The molecule has 0 aliphatic carbocycles. The number of halogens is 1. The third-order valence-electron chi connectivity index (χ3n) is 3.13. The van der Waals surface area contributed by atoms with E-state index in [1.165, 1.54) is 18.2 Å². The van der Waals surface area contributed by atoms with Crippen LogP contribution in [-0.2, 0) is 0 Å². The summed E-state index contributed by atoms with van der Waals surface area (Å²) < 4.78 is 24.1. The Bertz CT molecular complexity index is 805. The zero-order valence-electron chi connectivity index (χ0n) is 11.4. The highest BCUT2D eigenvalue weighted by molar-refractivity contribution is 6.10. The maximum atomic E-state index is 13.2. The van der Waals surface area contributed by atoms with E-state index in [1.54, 1.807) is 30.3 Å². The molecule has 0 spiro atoms. The fourth-order valence-electron chi connectivity index (χ4n) is 2.19. The van der Waals surface area contributed by atoms with Gasteiger partial charge in [-0.2, -0.15) is 0 Å². The first-order chi connectivity index (χ1) is 10.2. The molecule has 106 valence electrons. The molecular formula is C17H13FO3. The van der Waals surface area contributed by atoms with Crippen LogP contribution in [0.2, 0.25) is 0 Å². The van der Waals surface area contributed by atoms with Crippen molar-refractivity contribution in [2.24, 2.45) is 0 Å². The predicted molar refractivity (Wildman–Crippen MR) is 77.2 cm³/mol. The average molecular weight is 284 g/mol. The van der Waals surface area contributed by atoms with Crippen molar-refractivity contribution in [3.05, 3.63) is 65.7 Å². The third-order valence-corrected chi connectivity index (χ3v) is 3.13. The van der Waals surface area contributed by atoms with Crippen molar-refractivity contribution in [2.45, 2.75) is 6.92 Å². The number of carbonyl (C=O) groups is 1. The van der Waals surface area contributed by atoms with E-state index in [9.17, 15) is 9.18 Å².